The molecule has 0 saturated carbocycles. The van der Waals surface area contributed by atoms with Crippen LogP contribution in [-0.4, -0.2) is 15.5 Å². The summed E-state index contributed by atoms with van der Waals surface area (Å²) in [6.45, 7) is 4.04. The van der Waals surface area contributed by atoms with Crippen LogP contribution in [0, 0.1) is 0 Å². The highest BCUT2D eigenvalue weighted by Gasteiger charge is 2.17. The van der Waals surface area contributed by atoms with E-state index in [2.05, 4.69) is 11.9 Å². The molecule has 0 fully saturated rings. The van der Waals surface area contributed by atoms with E-state index < -0.39 is 0 Å². The predicted octanol–water partition coefficient (Wildman–Crippen LogP) is 1.27. The average molecular weight is 195 g/mol. The molecule has 1 aromatic heterocycles. The summed E-state index contributed by atoms with van der Waals surface area (Å²) < 4.78 is 1.88. The molecule has 1 unspecified atom stereocenters. The molecule has 0 saturated heterocycles. The van der Waals surface area contributed by atoms with Gasteiger partial charge in [0.25, 0.3) is 0 Å². The van der Waals surface area contributed by atoms with E-state index in [9.17, 15) is 4.79 Å². The number of amides is 1. The van der Waals surface area contributed by atoms with Crippen LogP contribution in [0.2, 0.25) is 0 Å². The molecule has 0 spiro atoms. The summed E-state index contributed by atoms with van der Waals surface area (Å²) in [5, 5.41) is 0. The third kappa shape index (κ3) is 2.13. The van der Waals surface area contributed by atoms with Crippen LogP contribution >= 0.6 is 0 Å². The number of rotatable bonds is 5. The zero-order chi connectivity index (χ0) is 10.6. The standard InChI is InChI=1S/C10H17N3O/c1-3-5-9-12-6-7-13(9)8(4-2)10(11)14/h6-8H,3-5H2,1-2H3,(H2,11,14). The summed E-state index contributed by atoms with van der Waals surface area (Å²) in [6.07, 6.45) is 6.16. The van der Waals surface area contributed by atoms with Crippen molar-refractivity contribution >= 4 is 5.91 Å². The van der Waals surface area contributed by atoms with Crippen LogP contribution in [0.4, 0.5) is 0 Å². The largest absolute Gasteiger partial charge is 0.368 e. The smallest absolute Gasteiger partial charge is 0.240 e. The Hall–Kier alpha value is -1.32. The van der Waals surface area contributed by atoms with E-state index in [1.54, 1.807) is 6.20 Å². The van der Waals surface area contributed by atoms with Crippen molar-refractivity contribution in [2.24, 2.45) is 5.73 Å². The van der Waals surface area contributed by atoms with E-state index in [4.69, 9.17) is 5.73 Å². The normalized spacial score (nSPS) is 12.7. The van der Waals surface area contributed by atoms with Crippen molar-refractivity contribution in [3.63, 3.8) is 0 Å². The number of hydrogen-bond donors (Lipinski definition) is 1. The van der Waals surface area contributed by atoms with Gasteiger partial charge in [-0.1, -0.05) is 13.8 Å². The van der Waals surface area contributed by atoms with Gasteiger partial charge >= 0.3 is 0 Å². The van der Waals surface area contributed by atoms with Gasteiger partial charge < -0.3 is 10.3 Å². The summed E-state index contributed by atoms with van der Waals surface area (Å²) in [5.41, 5.74) is 5.32. The number of nitrogens with two attached hydrogens (primary N) is 1. The van der Waals surface area contributed by atoms with Gasteiger partial charge in [0, 0.05) is 18.8 Å². The SMILES string of the molecule is CCCc1nccn1C(CC)C(N)=O. The summed E-state index contributed by atoms with van der Waals surface area (Å²) in [6, 6.07) is -0.251. The maximum atomic E-state index is 11.2. The molecular weight excluding hydrogens is 178 g/mol. The molecular formula is C10H17N3O. The van der Waals surface area contributed by atoms with Gasteiger partial charge in [0.15, 0.2) is 0 Å². The number of nitrogens with zero attached hydrogens (tertiary/aromatic N) is 2. The van der Waals surface area contributed by atoms with Crippen molar-refractivity contribution in [2.45, 2.75) is 39.2 Å². The summed E-state index contributed by atoms with van der Waals surface area (Å²) in [4.78, 5) is 15.4. The molecule has 4 nitrogen and oxygen atoms in total. The number of imidazole rings is 1. The van der Waals surface area contributed by atoms with Crippen molar-refractivity contribution in [1.82, 2.24) is 9.55 Å². The Morgan fingerprint density at radius 1 is 1.64 bits per heavy atom. The van der Waals surface area contributed by atoms with E-state index in [1.165, 1.54) is 0 Å². The maximum absolute atomic E-state index is 11.2. The fourth-order valence-corrected chi connectivity index (χ4v) is 1.58. The zero-order valence-electron chi connectivity index (χ0n) is 8.73. The van der Waals surface area contributed by atoms with Crippen LogP contribution in [0.5, 0.6) is 0 Å². The molecule has 1 rings (SSSR count). The molecule has 78 valence electrons. The van der Waals surface area contributed by atoms with Gasteiger partial charge in [-0.05, 0) is 12.8 Å². The lowest BCUT2D eigenvalue weighted by molar-refractivity contribution is -0.121. The van der Waals surface area contributed by atoms with E-state index >= 15 is 0 Å². The van der Waals surface area contributed by atoms with Crippen LogP contribution in [0.3, 0.4) is 0 Å². The second-order valence-electron chi connectivity index (χ2n) is 3.33. The summed E-state index contributed by atoms with van der Waals surface area (Å²) in [7, 11) is 0. The van der Waals surface area contributed by atoms with Crippen LogP contribution in [0.25, 0.3) is 0 Å². The fraction of sp³-hybridized carbons (Fsp3) is 0.600. The fourth-order valence-electron chi connectivity index (χ4n) is 1.58. The molecule has 1 amide bonds. The minimum atomic E-state index is -0.289. The molecule has 2 N–H and O–H groups in total. The zero-order valence-corrected chi connectivity index (χ0v) is 8.73. The highest BCUT2D eigenvalue weighted by atomic mass is 16.1. The van der Waals surface area contributed by atoms with Crippen molar-refractivity contribution in [1.29, 1.82) is 0 Å². The molecule has 1 aromatic rings. The second-order valence-corrected chi connectivity index (χ2v) is 3.33. The van der Waals surface area contributed by atoms with Crippen LogP contribution in [0.1, 0.15) is 38.6 Å². The maximum Gasteiger partial charge on any atom is 0.240 e. The first-order valence-electron chi connectivity index (χ1n) is 5.01. The Kier molecular flexibility index (Phi) is 3.68. The lowest BCUT2D eigenvalue weighted by atomic mass is 10.2. The Labute approximate surface area is 84.1 Å². The number of carbonyl (C=O) groups excluding carboxylic acids is 1. The van der Waals surface area contributed by atoms with E-state index in [-0.39, 0.29) is 11.9 Å². The molecule has 0 aromatic carbocycles. The van der Waals surface area contributed by atoms with E-state index in [1.807, 2.05) is 17.7 Å². The van der Waals surface area contributed by atoms with Gasteiger partial charge in [0.05, 0.1) is 0 Å². The van der Waals surface area contributed by atoms with Crippen LogP contribution in [-0.2, 0) is 11.2 Å². The van der Waals surface area contributed by atoms with Gasteiger partial charge in [-0.2, -0.15) is 0 Å². The van der Waals surface area contributed by atoms with Gasteiger partial charge in [0.1, 0.15) is 11.9 Å². The number of aryl methyl sites for hydroxylation is 1. The second kappa shape index (κ2) is 4.79. The molecule has 0 bridgehead atoms. The Morgan fingerprint density at radius 2 is 2.36 bits per heavy atom. The molecule has 4 heteroatoms. The monoisotopic (exact) mass is 195 g/mol. The third-order valence-electron chi connectivity index (χ3n) is 2.27. The summed E-state index contributed by atoms with van der Waals surface area (Å²) in [5.74, 6) is 0.654. The Bertz CT molecular complexity index is 306. The first kappa shape index (κ1) is 10.8. The van der Waals surface area contributed by atoms with Gasteiger partial charge in [0.2, 0.25) is 5.91 Å². The Morgan fingerprint density at radius 3 is 2.86 bits per heavy atom. The summed E-state index contributed by atoms with van der Waals surface area (Å²) >= 11 is 0. The number of aromatic nitrogens is 2. The average Bonchev–Trinajstić information content (AvgIpc) is 2.55. The first-order chi connectivity index (χ1) is 6.70. The third-order valence-corrected chi connectivity index (χ3v) is 2.27. The molecule has 0 aliphatic carbocycles. The van der Waals surface area contributed by atoms with E-state index in [0.29, 0.717) is 6.42 Å². The van der Waals surface area contributed by atoms with Crippen molar-refractivity contribution in [3.05, 3.63) is 18.2 Å². The predicted molar refractivity (Wildman–Crippen MR) is 54.7 cm³/mol. The molecule has 1 heterocycles. The first-order valence-corrected chi connectivity index (χ1v) is 5.01. The molecule has 0 radical (unpaired) electrons. The lowest BCUT2D eigenvalue weighted by Crippen LogP contribution is -2.26. The van der Waals surface area contributed by atoms with Gasteiger partial charge in [-0.15, -0.1) is 0 Å². The Balaban J connectivity index is 2.91. The minimum Gasteiger partial charge on any atom is -0.368 e. The van der Waals surface area contributed by atoms with Gasteiger partial charge in [-0.25, -0.2) is 4.98 Å². The topological polar surface area (TPSA) is 60.9 Å². The molecule has 14 heavy (non-hydrogen) atoms. The van der Waals surface area contributed by atoms with Crippen LogP contribution in [0.15, 0.2) is 12.4 Å². The highest BCUT2D eigenvalue weighted by Crippen LogP contribution is 2.14. The molecule has 0 aliphatic rings. The number of carbonyl (C=O) groups is 1. The molecule has 0 aliphatic heterocycles. The highest BCUT2D eigenvalue weighted by molar-refractivity contribution is 5.78. The lowest BCUT2D eigenvalue weighted by Gasteiger charge is -2.15. The van der Waals surface area contributed by atoms with Crippen molar-refractivity contribution < 1.29 is 4.79 Å². The van der Waals surface area contributed by atoms with Gasteiger partial charge in [-0.3, -0.25) is 4.79 Å². The number of hydrogen-bond acceptors (Lipinski definition) is 2. The minimum absolute atomic E-state index is 0.251. The molecule has 1 atom stereocenters. The van der Waals surface area contributed by atoms with Crippen molar-refractivity contribution in [3.8, 4) is 0 Å². The van der Waals surface area contributed by atoms with Crippen molar-refractivity contribution in [2.75, 3.05) is 0 Å². The van der Waals surface area contributed by atoms with E-state index in [0.717, 1.165) is 18.7 Å². The number of primary amides is 1. The van der Waals surface area contributed by atoms with Crippen LogP contribution < -0.4 is 5.73 Å². The quantitative estimate of drug-likeness (QED) is 0.769.